The number of aliphatic hydroxyl groups excluding tert-OH is 1. The van der Waals surface area contributed by atoms with Gasteiger partial charge in [0, 0.05) is 22.7 Å². The van der Waals surface area contributed by atoms with E-state index in [0.29, 0.717) is 5.88 Å². The molecule has 0 unspecified atom stereocenters. The Kier molecular flexibility index (Phi) is 4.81. The molecule has 0 saturated carbocycles. The van der Waals surface area contributed by atoms with Crippen LogP contribution in [-0.2, 0) is 4.74 Å². The van der Waals surface area contributed by atoms with E-state index in [0.717, 1.165) is 35.7 Å². The predicted octanol–water partition coefficient (Wildman–Crippen LogP) is 0.894. The Bertz CT molecular complexity index is 370. The molecule has 1 aromatic rings. The largest absolute Gasteiger partial charge is 0.475 e. The fourth-order valence-electron chi connectivity index (χ4n) is 1.64. The van der Waals surface area contributed by atoms with Crippen molar-refractivity contribution >= 4 is 28.4 Å². The van der Waals surface area contributed by atoms with E-state index in [2.05, 4.69) is 32.5 Å². The Morgan fingerprint density at radius 2 is 2.18 bits per heavy atom. The first-order valence-electron chi connectivity index (χ1n) is 5.53. The summed E-state index contributed by atoms with van der Waals surface area (Å²) in [5.41, 5.74) is 0. The molecular weight excluding hydrogens is 335 g/mol. The van der Waals surface area contributed by atoms with Crippen LogP contribution in [0.15, 0.2) is 12.1 Å². The molecule has 2 heterocycles. The lowest BCUT2D eigenvalue weighted by atomic mass is 10.3. The highest BCUT2D eigenvalue weighted by molar-refractivity contribution is 14.1. The molecule has 1 fully saturated rings. The normalized spacial score (nSPS) is 16.0. The lowest BCUT2D eigenvalue weighted by Gasteiger charge is -2.28. The molecule has 1 aromatic heterocycles. The summed E-state index contributed by atoms with van der Waals surface area (Å²) in [5.74, 6) is 1.47. The molecule has 1 saturated heterocycles. The summed E-state index contributed by atoms with van der Waals surface area (Å²) in [4.78, 5) is 6.61. The van der Waals surface area contributed by atoms with E-state index in [4.69, 9.17) is 14.6 Å². The summed E-state index contributed by atoms with van der Waals surface area (Å²) in [6, 6.07) is 3.89. The van der Waals surface area contributed by atoms with E-state index in [1.807, 2.05) is 12.1 Å². The van der Waals surface area contributed by atoms with Gasteiger partial charge in [0.15, 0.2) is 0 Å². The summed E-state index contributed by atoms with van der Waals surface area (Å²) in [6.45, 7) is 3.45. The zero-order valence-electron chi connectivity index (χ0n) is 9.43. The minimum atomic E-state index is 0.0000406. The number of morpholine rings is 1. The molecule has 2 rings (SSSR count). The Balaban J connectivity index is 2.12. The van der Waals surface area contributed by atoms with Crippen molar-refractivity contribution < 1.29 is 14.6 Å². The van der Waals surface area contributed by atoms with Crippen LogP contribution in [0.4, 0.5) is 5.82 Å². The van der Waals surface area contributed by atoms with Gasteiger partial charge in [-0.1, -0.05) is 0 Å². The SMILES string of the molecule is OCCOc1cc(I)cc(N2CCOCC2)n1. The standard InChI is InChI=1S/C11H15IN2O3/c12-9-7-10(14-1-4-16-5-2-14)13-11(8-9)17-6-3-15/h7-8,15H,1-6H2. The molecule has 0 atom stereocenters. The fraction of sp³-hybridized carbons (Fsp3) is 0.545. The summed E-state index contributed by atoms with van der Waals surface area (Å²) in [5, 5.41) is 8.73. The van der Waals surface area contributed by atoms with Gasteiger partial charge in [-0.05, 0) is 28.7 Å². The van der Waals surface area contributed by atoms with Gasteiger partial charge in [0.1, 0.15) is 12.4 Å². The van der Waals surface area contributed by atoms with Crippen LogP contribution in [0.2, 0.25) is 0 Å². The van der Waals surface area contributed by atoms with Crippen molar-refractivity contribution in [3.8, 4) is 5.88 Å². The Morgan fingerprint density at radius 3 is 2.88 bits per heavy atom. The quantitative estimate of drug-likeness (QED) is 0.818. The van der Waals surface area contributed by atoms with Gasteiger partial charge in [-0.2, -0.15) is 4.98 Å². The van der Waals surface area contributed by atoms with Crippen LogP contribution >= 0.6 is 22.6 Å². The summed E-state index contributed by atoms with van der Waals surface area (Å²) in [6.07, 6.45) is 0. The van der Waals surface area contributed by atoms with E-state index in [1.54, 1.807) is 0 Å². The van der Waals surface area contributed by atoms with Gasteiger partial charge >= 0.3 is 0 Å². The van der Waals surface area contributed by atoms with Gasteiger partial charge in [0.05, 0.1) is 19.8 Å². The number of hydrogen-bond acceptors (Lipinski definition) is 5. The average Bonchev–Trinajstić information content (AvgIpc) is 2.37. The molecule has 1 aliphatic heterocycles. The van der Waals surface area contributed by atoms with E-state index >= 15 is 0 Å². The van der Waals surface area contributed by atoms with Gasteiger partial charge in [-0.15, -0.1) is 0 Å². The van der Waals surface area contributed by atoms with Crippen molar-refractivity contribution in [1.29, 1.82) is 0 Å². The van der Waals surface area contributed by atoms with Crippen LogP contribution in [-0.4, -0.2) is 49.6 Å². The highest BCUT2D eigenvalue weighted by Gasteiger charge is 2.14. The summed E-state index contributed by atoms with van der Waals surface area (Å²) >= 11 is 2.24. The second kappa shape index (κ2) is 6.36. The maximum Gasteiger partial charge on any atom is 0.216 e. The maximum atomic E-state index is 8.73. The highest BCUT2D eigenvalue weighted by Crippen LogP contribution is 2.21. The number of rotatable bonds is 4. The Labute approximate surface area is 114 Å². The van der Waals surface area contributed by atoms with Crippen LogP contribution in [0.1, 0.15) is 0 Å². The first-order chi connectivity index (χ1) is 8.29. The van der Waals surface area contributed by atoms with Gasteiger partial charge in [-0.3, -0.25) is 0 Å². The Hall–Kier alpha value is -0.600. The van der Waals surface area contributed by atoms with E-state index in [1.165, 1.54) is 0 Å². The van der Waals surface area contributed by atoms with Crippen molar-refractivity contribution in [2.75, 3.05) is 44.4 Å². The molecule has 5 nitrogen and oxygen atoms in total. The number of pyridine rings is 1. The number of anilines is 1. The Morgan fingerprint density at radius 1 is 1.41 bits per heavy atom. The number of hydrogen-bond donors (Lipinski definition) is 1. The number of nitrogens with zero attached hydrogens (tertiary/aromatic N) is 2. The lowest BCUT2D eigenvalue weighted by molar-refractivity contribution is 0.122. The number of aromatic nitrogens is 1. The van der Waals surface area contributed by atoms with Gasteiger partial charge in [0.2, 0.25) is 5.88 Å². The molecule has 0 amide bonds. The smallest absolute Gasteiger partial charge is 0.216 e. The van der Waals surface area contributed by atoms with E-state index in [-0.39, 0.29) is 13.2 Å². The zero-order valence-corrected chi connectivity index (χ0v) is 11.6. The van der Waals surface area contributed by atoms with Crippen LogP contribution in [0.25, 0.3) is 0 Å². The highest BCUT2D eigenvalue weighted by atomic mass is 127. The van der Waals surface area contributed by atoms with Crippen molar-refractivity contribution in [1.82, 2.24) is 4.98 Å². The van der Waals surface area contributed by atoms with Crippen LogP contribution in [0.5, 0.6) is 5.88 Å². The molecule has 0 bridgehead atoms. The van der Waals surface area contributed by atoms with Gasteiger partial charge < -0.3 is 19.5 Å². The third kappa shape index (κ3) is 3.68. The van der Waals surface area contributed by atoms with Crippen molar-refractivity contribution in [2.24, 2.45) is 0 Å². The van der Waals surface area contributed by atoms with Crippen LogP contribution in [0.3, 0.4) is 0 Å². The van der Waals surface area contributed by atoms with Crippen molar-refractivity contribution in [2.45, 2.75) is 0 Å². The summed E-state index contributed by atoms with van der Waals surface area (Å²) in [7, 11) is 0. The molecule has 1 N–H and O–H groups in total. The second-order valence-electron chi connectivity index (χ2n) is 3.65. The van der Waals surface area contributed by atoms with E-state index < -0.39 is 0 Å². The van der Waals surface area contributed by atoms with Crippen LogP contribution < -0.4 is 9.64 Å². The molecule has 17 heavy (non-hydrogen) atoms. The first kappa shape index (κ1) is 12.8. The second-order valence-corrected chi connectivity index (χ2v) is 4.90. The van der Waals surface area contributed by atoms with Crippen molar-refractivity contribution in [3.63, 3.8) is 0 Å². The first-order valence-corrected chi connectivity index (χ1v) is 6.61. The van der Waals surface area contributed by atoms with E-state index in [9.17, 15) is 0 Å². The minimum absolute atomic E-state index is 0.0000406. The van der Waals surface area contributed by atoms with Gasteiger partial charge in [0.25, 0.3) is 0 Å². The summed E-state index contributed by atoms with van der Waals surface area (Å²) < 4.78 is 11.7. The molecule has 6 heteroatoms. The van der Waals surface area contributed by atoms with Gasteiger partial charge in [-0.25, -0.2) is 0 Å². The topological polar surface area (TPSA) is 54.8 Å². The monoisotopic (exact) mass is 350 g/mol. The lowest BCUT2D eigenvalue weighted by Crippen LogP contribution is -2.36. The third-order valence-electron chi connectivity index (χ3n) is 2.43. The number of ether oxygens (including phenoxy) is 2. The fourth-order valence-corrected chi connectivity index (χ4v) is 2.18. The third-order valence-corrected chi connectivity index (χ3v) is 3.05. The maximum absolute atomic E-state index is 8.73. The zero-order chi connectivity index (χ0) is 12.1. The van der Waals surface area contributed by atoms with Crippen molar-refractivity contribution in [3.05, 3.63) is 15.7 Å². The number of halogens is 1. The molecule has 1 aliphatic rings. The predicted molar refractivity (Wildman–Crippen MR) is 72.6 cm³/mol. The number of aliphatic hydroxyl groups is 1. The molecular formula is C11H15IN2O3. The average molecular weight is 350 g/mol. The molecule has 0 radical (unpaired) electrons. The molecule has 0 aliphatic carbocycles. The minimum Gasteiger partial charge on any atom is -0.475 e. The molecule has 0 aromatic carbocycles. The molecule has 94 valence electrons. The molecule has 0 spiro atoms. The van der Waals surface area contributed by atoms with Crippen LogP contribution in [0, 0.1) is 3.57 Å².